The number of amides is 1. The SMILES string of the molecule is CC1CCCN(c2ccccc2CNS(=O)(=O)c2ccc(N3CCCC3=O)cc2)C1. The Labute approximate surface area is 178 Å². The maximum Gasteiger partial charge on any atom is 0.240 e. The van der Waals surface area contributed by atoms with Crippen LogP contribution in [0.5, 0.6) is 0 Å². The van der Waals surface area contributed by atoms with E-state index in [1.165, 1.54) is 6.42 Å². The monoisotopic (exact) mass is 427 g/mol. The van der Waals surface area contributed by atoms with Gasteiger partial charge in [0.15, 0.2) is 0 Å². The maximum absolute atomic E-state index is 12.8. The standard InChI is InChI=1S/C23H29N3O3S/c1-18-6-4-14-25(17-18)22-8-3-2-7-19(22)16-24-30(28,29)21-12-10-20(11-13-21)26-15-5-9-23(26)27/h2-3,7-8,10-13,18,24H,4-6,9,14-17H2,1H3. The summed E-state index contributed by atoms with van der Waals surface area (Å²) in [5.74, 6) is 0.733. The van der Waals surface area contributed by atoms with E-state index >= 15 is 0 Å². The minimum Gasteiger partial charge on any atom is -0.371 e. The molecule has 0 radical (unpaired) electrons. The van der Waals surface area contributed by atoms with E-state index in [-0.39, 0.29) is 17.3 Å². The van der Waals surface area contributed by atoms with Gasteiger partial charge in [0, 0.05) is 44.0 Å². The topological polar surface area (TPSA) is 69.7 Å². The van der Waals surface area contributed by atoms with Crippen molar-refractivity contribution >= 4 is 27.3 Å². The van der Waals surface area contributed by atoms with Crippen LogP contribution in [0.4, 0.5) is 11.4 Å². The fraction of sp³-hybridized carbons (Fsp3) is 0.435. The molecule has 0 aromatic heterocycles. The minimum absolute atomic E-state index is 0.0902. The zero-order valence-corrected chi connectivity index (χ0v) is 18.2. The smallest absolute Gasteiger partial charge is 0.240 e. The van der Waals surface area contributed by atoms with E-state index in [1.807, 2.05) is 18.2 Å². The van der Waals surface area contributed by atoms with Gasteiger partial charge in [-0.3, -0.25) is 4.79 Å². The van der Waals surface area contributed by atoms with Crippen molar-refractivity contribution in [2.45, 2.75) is 44.0 Å². The zero-order chi connectivity index (χ0) is 21.1. The van der Waals surface area contributed by atoms with E-state index in [0.29, 0.717) is 18.9 Å². The second-order valence-corrected chi connectivity index (χ2v) is 10.1. The molecule has 2 aliphatic heterocycles. The molecule has 4 rings (SSSR count). The molecular formula is C23H29N3O3S. The van der Waals surface area contributed by atoms with Gasteiger partial charge in [0.1, 0.15) is 0 Å². The third kappa shape index (κ3) is 4.52. The lowest BCUT2D eigenvalue weighted by molar-refractivity contribution is -0.117. The summed E-state index contributed by atoms with van der Waals surface area (Å²) in [7, 11) is -3.64. The fourth-order valence-corrected chi connectivity index (χ4v) is 5.37. The lowest BCUT2D eigenvalue weighted by Crippen LogP contribution is -2.35. The molecule has 7 heteroatoms. The number of hydrogen-bond donors (Lipinski definition) is 1. The van der Waals surface area contributed by atoms with Gasteiger partial charge in [0.05, 0.1) is 4.90 Å². The molecule has 1 N–H and O–H groups in total. The van der Waals surface area contributed by atoms with Crippen LogP contribution >= 0.6 is 0 Å². The molecule has 1 amide bonds. The van der Waals surface area contributed by atoms with Gasteiger partial charge in [-0.25, -0.2) is 13.1 Å². The third-order valence-corrected chi connectivity index (χ3v) is 7.39. The van der Waals surface area contributed by atoms with Crippen LogP contribution in [0.1, 0.15) is 38.2 Å². The lowest BCUT2D eigenvalue weighted by atomic mass is 9.99. The van der Waals surface area contributed by atoms with Crippen molar-refractivity contribution in [3.63, 3.8) is 0 Å². The van der Waals surface area contributed by atoms with E-state index in [0.717, 1.165) is 42.9 Å². The molecule has 1 atom stereocenters. The zero-order valence-electron chi connectivity index (χ0n) is 17.4. The Hall–Kier alpha value is -2.38. The van der Waals surface area contributed by atoms with Gasteiger partial charge in [0.25, 0.3) is 0 Å². The average Bonchev–Trinajstić information content (AvgIpc) is 3.18. The summed E-state index contributed by atoms with van der Waals surface area (Å²) in [5, 5.41) is 0. The molecular weight excluding hydrogens is 398 g/mol. The molecule has 2 aromatic carbocycles. The van der Waals surface area contributed by atoms with Crippen LogP contribution in [0.3, 0.4) is 0 Å². The second-order valence-electron chi connectivity index (χ2n) is 8.29. The van der Waals surface area contributed by atoms with Crippen molar-refractivity contribution in [3.8, 4) is 0 Å². The van der Waals surface area contributed by atoms with Crippen molar-refractivity contribution < 1.29 is 13.2 Å². The molecule has 30 heavy (non-hydrogen) atoms. The van der Waals surface area contributed by atoms with Crippen molar-refractivity contribution in [1.29, 1.82) is 0 Å². The first-order valence-corrected chi connectivity index (χ1v) is 12.2. The van der Waals surface area contributed by atoms with E-state index in [9.17, 15) is 13.2 Å². The number of nitrogens with zero attached hydrogens (tertiary/aromatic N) is 2. The summed E-state index contributed by atoms with van der Waals surface area (Å²) in [5.41, 5.74) is 2.84. The number of para-hydroxylation sites is 1. The summed E-state index contributed by atoms with van der Waals surface area (Å²) in [6, 6.07) is 14.6. The predicted octanol–water partition coefficient (Wildman–Crippen LogP) is 3.53. The molecule has 1 unspecified atom stereocenters. The number of benzene rings is 2. The number of anilines is 2. The number of hydrogen-bond acceptors (Lipinski definition) is 4. The van der Waals surface area contributed by atoms with Gasteiger partial charge in [-0.15, -0.1) is 0 Å². The van der Waals surface area contributed by atoms with Gasteiger partial charge in [0.2, 0.25) is 15.9 Å². The first kappa shape index (κ1) is 20.9. The molecule has 0 aliphatic carbocycles. The third-order valence-electron chi connectivity index (χ3n) is 5.97. The van der Waals surface area contributed by atoms with Crippen molar-refractivity contribution in [3.05, 3.63) is 54.1 Å². The molecule has 2 fully saturated rings. The van der Waals surface area contributed by atoms with Crippen molar-refractivity contribution in [2.24, 2.45) is 5.92 Å². The largest absolute Gasteiger partial charge is 0.371 e. The number of carbonyl (C=O) groups excluding carboxylic acids is 1. The van der Waals surface area contributed by atoms with Gasteiger partial charge >= 0.3 is 0 Å². The summed E-state index contributed by atoms with van der Waals surface area (Å²) >= 11 is 0. The number of sulfonamides is 1. The van der Waals surface area contributed by atoms with Gasteiger partial charge < -0.3 is 9.80 Å². The normalized spacial score (nSPS) is 20.0. The minimum atomic E-state index is -3.64. The second kappa shape index (κ2) is 8.78. The lowest BCUT2D eigenvalue weighted by Gasteiger charge is -2.34. The molecule has 0 spiro atoms. The highest BCUT2D eigenvalue weighted by Gasteiger charge is 2.23. The van der Waals surface area contributed by atoms with E-state index in [1.54, 1.807) is 29.2 Å². The van der Waals surface area contributed by atoms with Gasteiger partial charge in [-0.2, -0.15) is 0 Å². The Bertz CT molecular complexity index is 1000. The number of carbonyl (C=O) groups is 1. The summed E-state index contributed by atoms with van der Waals surface area (Å²) in [6.45, 7) is 5.20. The number of piperidine rings is 1. The summed E-state index contributed by atoms with van der Waals surface area (Å²) < 4.78 is 28.4. The average molecular weight is 428 g/mol. The van der Waals surface area contributed by atoms with E-state index < -0.39 is 10.0 Å². The molecule has 6 nitrogen and oxygen atoms in total. The van der Waals surface area contributed by atoms with Gasteiger partial charge in [-0.1, -0.05) is 25.1 Å². The molecule has 160 valence electrons. The Morgan fingerprint density at radius 3 is 2.50 bits per heavy atom. The highest BCUT2D eigenvalue weighted by molar-refractivity contribution is 7.89. The molecule has 2 aliphatic rings. The molecule has 2 saturated heterocycles. The Kier molecular flexibility index (Phi) is 6.11. The number of rotatable bonds is 6. The van der Waals surface area contributed by atoms with E-state index in [2.05, 4.69) is 22.6 Å². The van der Waals surface area contributed by atoms with Crippen molar-refractivity contribution in [2.75, 3.05) is 29.4 Å². The summed E-state index contributed by atoms with van der Waals surface area (Å²) in [4.78, 5) is 16.2. The molecule has 0 bridgehead atoms. The van der Waals surface area contributed by atoms with Crippen molar-refractivity contribution in [1.82, 2.24) is 4.72 Å². The van der Waals surface area contributed by atoms with Crippen LogP contribution in [0.15, 0.2) is 53.4 Å². The molecule has 2 heterocycles. The Morgan fingerprint density at radius 1 is 1.03 bits per heavy atom. The van der Waals surface area contributed by atoms with Crippen LogP contribution in [0, 0.1) is 5.92 Å². The van der Waals surface area contributed by atoms with Crippen LogP contribution in [-0.2, 0) is 21.4 Å². The maximum atomic E-state index is 12.8. The predicted molar refractivity (Wildman–Crippen MR) is 119 cm³/mol. The Morgan fingerprint density at radius 2 is 1.80 bits per heavy atom. The van der Waals surface area contributed by atoms with E-state index in [4.69, 9.17) is 0 Å². The van der Waals surface area contributed by atoms with Gasteiger partial charge in [-0.05, 0) is 61.1 Å². The Balaban J connectivity index is 1.46. The molecule has 0 saturated carbocycles. The van der Waals surface area contributed by atoms with Crippen LogP contribution in [0.2, 0.25) is 0 Å². The van der Waals surface area contributed by atoms with Crippen LogP contribution in [-0.4, -0.2) is 34.0 Å². The summed E-state index contributed by atoms with van der Waals surface area (Å²) in [6.07, 6.45) is 3.80. The van der Waals surface area contributed by atoms with Crippen LogP contribution < -0.4 is 14.5 Å². The highest BCUT2D eigenvalue weighted by atomic mass is 32.2. The fourth-order valence-electron chi connectivity index (χ4n) is 4.36. The first-order chi connectivity index (χ1) is 14.4. The van der Waals surface area contributed by atoms with Crippen LogP contribution in [0.25, 0.3) is 0 Å². The number of nitrogens with one attached hydrogen (secondary N) is 1. The molecule has 2 aromatic rings. The quantitative estimate of drug-likeness (QED) is 0.766. The highest BCUT2D eigenvalue weighted by Crippen LogP contribution is 2.27. The first-order valence-electron chi connectivity index (χ1n) is 10.7.